The van der Waals surface area contributed by atoms with Crippen LogP contribution in [0.4, 0.5) is 0 Å². The van der Waals surface area contributed by atoms with Crippen molar-refractivity contribution in [3.05, 3.63) is 23.8 Å². The number of sulfonamides is 1. The lowest BCUT2D eigenvalue weighted by Gasteiger charge is -2.10. The zero-order chi connectivity index (χ0) is 16.0. The van der Waals surface area contributed by atoms with Crippen molar-refractivity contribution < 1.29 is 32.7 Å². The first-order valence-electron chi connectivity index (χ1n) is 5.70. The Balaban J connectivity index is 3.04. The predicted octanol–water partition coefficient (Wildman–Crippen LogP) is -0.521. The zero-order valence-corrected chi connectivity index (χ0v) is 11.8. The molecule has 0 heterocycles. The third kappa shape index (κ3) is 4.70. The van der Waals surface area contributed by atoms with Gasteiger partial charge >= 0.3 is 5.97 Å². The van der Waals surface area contributed by atoms with Crippen molar-refractivity contribution in [1.82, 2.24) is 4.89 Å². The number of hydrogen-bond acceptors (Lipinski definition) is 6. The number of benzene rings is 1. The molecule has 0 bridgehead atoms. The molecule has 0 radical (unpaired) electrons. The summed E-state index contributed by atoms with van der Waals surface area (Å²) < 4.78 is 28.8. The molecule has 0 aliphatic heterocycles. The summed E-state index contributed by atoms with van der Waals surface area (Å²) in [5.74, 6) is -2.16. The highest BCUT2D eigenvalue weighted by Gasteiger charge is 2.20. The monoisotopic (exact) mass is 318 g/mol. The highest BCUT2D eigenvalue weighted by atomic mass is 32.2. The molecule has 1 aromatic carbocycles. The second-order valence-electron chi connectivity index (χ2n) is 3.74. The Morgan fingerprint density at radius 1 is 1.38 bits per heavy atom. The highest BCUT2D eigenvalue weighted by Crippen LogP contribution is 2.22. The van der Waals surface area contributed by atoms with Gasteiger partial charge in [0.1, 0.15) is 17.9 Å². The summed E-state index contributed by atoms with van der Waals surface area (Å²) in [6.45, 7) is 1.24. The smallest absolute Gasteiger partial charge is 0.339 e. The molecule has 1 amide bonds. The van der Waals surface area contributed by atoms with E-state index in [2.05, 4.69) is 4.84 Å². The molecule has 1 rings (SSSR count). The average molecular weight is 318 g/mol. The maximum absolute atomic E-state index is 11.8. The Bertz CT molecular complexity index is 642. The topological polar surface area (TPSA) is 145 Å². The molecule has 0 atom stereocenters. The van der Waals surface area contributed by atoms with Crippen LogP contribution in [0.25, 0.3) is 0 Å². The first kappa shape index (κ1) is 16.9. The van der Waals surface area contributed by atoms with Crippen molar-refractivity contribution in [2.24, 2.45) is 5.73 Å². The zero-order valence-electron chi connectivity index (χ0n) is 11.0. The molecule has 4 N–H and O–H groups in total. The number of carbonyl (C=O) groups excluding carboxylic acids is 1. The van der Waals surface area contributed by atoms with Crippen molar-refractivity contribution in [3.63, 3.8) is 0 Å². The second kappa shape index (κ2) is 7.02. The molecular formula is C11H14N2O7S. The highest BCUT2D eigenvalue weighted by molar-refractivity contribution is 7.89. The second-order valence-corrected chi connectivity index (χ2v) is 5.38. The van der Waals surface area contributed by atoms with Gasteiger partial charge in [-0.05, 0) is 25.1 Å². The number of hydrogen-bond donors (Lipinski definition) is 3. The van der Waals surface area contributed by atoms with Gasteiger partial charge in [0.25, 0.3) is 10.0 Å². The minimum absolute atomic E-state index is 0.0435. The van der Waals surface area contributed by atoms with Crippen LogP contribution < -0.4 is 15.4 Å². The average Bonchev–Trinajstić information content (AvgIpc) is 2.38. The molecule has 10 heteroatoms. The van der Waals surface area contributed by atoms with E-state index in [9.17, 15) is 18.0 Å². The summed E-state index contributed by atoms with van der Waals surface area (Å²) in [5.41, 5.74) is 4.47. The first-order chi connectivity index (χ1) is 9.77. The van der Waals surface area contributed by atoms with Crippen LogP contribution in [-0.4, -0.2) is 38.6 Å². The third-order valence-electron chi connectivity index (χ3n) is 2.17. The van der Waals surface area contributed by atoms with Crippen LogP contribution in [0.2, 0.25) is 0 Å². The molecule has 1 aromatic rings. The number of carboxylic acid groups (broad SMARTS) is 1. The number of nitrogens with two attached hydrogens (primary N) is 1. The van der Waals surface area contributed by atoms with Gasteiger partial charge in [-0.1, -0.05) is 4.89 Å². The van der Waals surface area contributed by atoms with E-state index in [0.717, 1.165) is 12.1 Å². The molecule has 0 aromatic heterocycles. The first-order valence-corrected chi connectivity index (χ1v) is 7.18. The molecule has 9 nitrogen and oxygen atoms in total. The van der Waals surface area contributed by atoms with Gasteiger partial charge in [0.05, 0.1) is 11.5 Å². The van der Waals surface area contributed by atoms with Crippen molar-refractivity contribution in [1.29, 1.82) is 0 Å². The van der Waals surface area contributed by atoms with Gasteiger partial charge in [-0.2, -0.15) is 0 Å². The molecule has 0 fully saturated rings. The van der Waals surface area contributed by atoms with Crippen LogP contribution in [0.3, 0.4) is 0 Å². The molecule has 0 unspecified atom stereocenters. The van der Waals surface area contributed by atoms with Crippen LogP contribution in [0.15, 0.2) is 23.1 Å². The minimum Gasteiger partial charge on any atom is -0.493 e. The summed E-state index contributed by atoms with van der Waals surface area (Å²) in [4.78, 5) is 27.3. The van der Waals surface area contributed by atoms with Crippen molar-refractivity contribution in [3.8, 4) is 5.75 Å². The largest absolute Gasteiger partial charge is 0.493 e. The van der Waals surface area contributed by atoms with E-state index < -0.39 is 28.5 Å². The molecule has 0 aliphatic carbocycles. The Morgan fingerprint density at radius 2 is 2.05 bits per heavy atom. The number of ether oxygens (including phenoxy) is 1. The lowest BCUT2D eigenvalue weighted by molar-refractivity contribution is -0.123. The molecule has 21 heavy (non-hydrogen) atoms. The third-order valence-corrected chi connectivity index (χ3v) is 3.39. The van der Waals surface area contributed by atoms with Crippen LogP contribution in [-0.2, 0) is 19.7 Å². The van der Waals surface area contributed by atoms with Gasteiger partial charge in [-0.15, -0.1) is 0 Å². The van der Waals surface area contributed by atoms with E-state index in [0.29, 0.717) is 0 Å². The molecule has 0 saturated carbocycles. The van der Waals surface area contributed by atoms with Gasteiger partial charge in [-0.25, -0.2) is 13.2 Å². The summed E-state index contributed by atoms with van der Waals surface area (Å²) in [6, 6.07) is 3.28. The predicted molar refractivity (Wildman–Crippen MR) is 70.0 cm³/mol. The normalized spacial score (nSPS) is 11.1. The van der Waals surface area contributed by atoms with Crippen molar-refractivity contribution in [2.75, 3.05) is 13.2 Å². The van der Waals surface area contributed by atoms with Gasteiger partial charge in [0.2, 0.25) is 5.91 Å². The number of aromatic carboxylic acids is 1. The fourth-order valence-corrected chi connectivity index (χ4v) is 2.18. The number of carboxylic acids is 1. The van der Waals surface area contributed by atoms with Gasteiger partial charge < -0.3 is 15.6 Å². The molecule has 0 saturated heterocycles. The standard InChI is InChI=1S/C11H14N2O7S/c1-2-19-9-4-3-7(5-8(9)11(15)16)21(17,18)13-20-6-10(12)14/h3-5,13H,2,6H2,1H3,(H2,12,14)(H,15,16). The number of primary amides is 1. The Kier molecular flexibility index (Phi) is 5.64. The summed E-state index contributed by atoms with van der Waals surface area (Å²) in [5, 5.41) is 9.04. The van der Waals surface area contributed by atoms with E-state index in [1.165, 1.54) is 6.07 Å². The van der Waals surface area contributed by atoms with E-state index in [-0.39, 0.29) is 22.8 Å². The Morgan fingerprint density at radius 3 is 2.57 bits per heavy atom. The van der Waals surface area contributed by atoms with Crippen LogP contribution in [0, 0.1) is 0 Å². The fourth-order valence-electron chi connectivity index (χ4n) is 1.35. The lowest BCUT2D eigenvalue weighted by Crippen LogP contribution is -2.29. The van der Waals surface area contributed by atoms with E-state index >= 15 is 0 Å². The molecular weight excluding hydrogens is 304 g/mol. The van der Waals surface area contributed by atoms with Crippen LogP contribution in [0.1, 0.15) is 17.3 Å². The SMILES string of the molecule is CCOc1ccc(S(=O)(=O)NOCC(N)=O)cc1C(=O)O. The number of rotatable bonds is 8. The van der Waals surface area contributed by atoms with Gasteiger partial charge in [0, 0.05) is 0 Å². The van der Waals surface area contributed by atoms with Crippen LogP contribution >= 0.6 is 0 Å². The van der Waals surface area contributed by atoms with Crippen LogP contribution in [0.5, 0.6) is 5.75 Å². The van der Waals surface area contributed by atoms with E-state index in [4.69, 9.17) is 15.6 Å². The fraction of sp³-hybridized carbons (Fsp3) is 0.273. The quantitative estimate of drug-likeness (QED) is 0.547. The Labute approximate surface area is 120 Å². The van der Waals surface area contributed by atoms with Crippen molar-refractivity contribution in [2.45, 2.75) is 11.8 Å². The number of carbonyl (C=O) groups is 2. The number of amides is 1. The number of nitrogens with one attached hydrogen (secondary N) is 1. The minimum atomic E-state index is -4.14. The summed E-state index contributed by atoms with van der Waals surface area (Å²) >= 11 is 0. The Hall–Kier alpha value is -2.17. The maximum atomic E-state index is 11.8. The molecule has 116 valence electrons. The lowest BCUT2D eigenvalue weighted by atomic mass is 10.2. The van der Waals surface area contributed by atoms with Gasteiger partial charge in [-0.3, -0.25) is 9.63 Å². The summed E-state index contributed by atoms with van der Waals surface area (Å²) in [6.07, 6.45) is 0. The van der Waals surface area contributed by atoms with E-state index in [1.54, 1.807) is 11.8 Å². The van der Waals surface area contributed by atoms with E-state index in [1.807, 2.05) is 0 Å². The summed E-state index contributed by atoms with van der Waals surface area (Å²) in [7, 11) is -4.14. The maximum Gasteiger partial charge on any atom is 0.339 e. The molecule has 0 aliphatic rings. The van der Waals surface area contributed by atoms with Crippen molar-refractivity contribution >= 4 is 21.9 Å². The molecule has 0 spiro atoms. The van der Waals surface area contributed by atoms with Gasteiger partial charge in [0.15, 0.2) is 0 Å².